The molecule has 1 N–H and O–H groups in total. The molecule has 1 aromatic rings. The third-order valence-electron chi connectivity index (χ3n) is 2.23. The third-order valence-corrected chi connectivity index (χ3v) is 2.23. The second-order valence-corrected chi connectivity index (χ2v) is 4.69. The minimum Gasteiger partial charge on any atom is -0.333 e. The van der Waals surface area contributed by atoms with E-state index in [4.69, 9.17) is 0 Å². The van der Waals surface area contributed by atoms with E-state index in [1.54, 1.807) is 11.8 Å². The molecule has 0 unspecified atom stereocenters. The molecule has 0 aromatic carbocycles. The number of amides is 1. The molecule has 16 heavy (non-hydrogen) atoms. The van der Waals surface area contributed by atoms with Gasteiger partial charge < -0.3 is 4.90 Å². The maximum absolute atomic E-state index is 12.1. The van der Waals surface area contributed by atoms with Gasteiger partial charge in [0, 0.05) is 12.6 Å². The van der Waals surface area contributed by atoms with E-state index in [0.717, 1.165) is 6.54 Å². The van der Waals surface area contributed by atoms with Crippen LogP contribution in [0.25, 0.3) is 0 Å². The number of aromatic amines is 1. The fourth-order valence-corrected chi connectivity index (χ4v) is 1.49. The maximum Gasteiger partial charge on any atom is 0.293 e. The molecular formula is C11H20N4O. The van der Waals surface area contributed by atoms with Gasteiger partial charge in [0.2, 0.25) is 5.82 Å². The first-order valence-corrected chi connectivity index (χ1v) is 5.61. The highest BCUT2D eigenvalue weighted by Gasteiger charge is 2.22. The van der Waals surface area contributed by atoms with Crippen molar-refractivity contribution >= 4 is 5.91 Å². The first kappa shape index (κ1) is 12.7. The molecule has 90 valence electrons. The van der Waals surface area contributed by atoms with Gasteiger partial charge in [0.1, 0.15) is 5.82 Å². The molecule has 0 spiro atoms. The van der Waals surface area contributed by atoms with Gasteiger partial charge >= 0.3 is 0 Å². The van der Waals surface area contributed by atoms with Crippen molar-refractivity contribution in [2.45, 2.75) is 40.7 Å². The molecule has 0 bridgehead atoms. The van der Waals surface area contributed by atoms with Crippen molar-refractivity contribution < 1.29 is 4.79 Å². The van der Waals surface area contributed by atoms with Crippen molar-refractivity contribution in [2.24, 2.45) is 5.92 Å². The highest BCUT2D eigenvalue weighted by atomic mass is 16.2. The Hall–Kier alpha value is -1.39. The first-order chi connectivity index (χ1) is 7.41. The van der Waals surface area contributed by atoms with E-state index in [1.165, 1.54) is 0 Å². The molecule has 5 nitrogen and oxygen atoms in total. The van der Waals surface area contributed by atoms with Crippen molar-refractivity contribution in [1.29, 1.82) is 0 Å². The second-order valence-electron chi connectivity index (χ2n) is 4.69. The van der Waals surface area contributed by atoms with Gasteiger partial charge in [0.05, 0.1) is 0 Å². The third kappa shape index (κ3) is 3.05. The van der Waals surface area contributed by atoms with Crippen LogP contribution in [-0.2, 0) is 0 Å². The van der Waals surface area contributed by atoms with Crippen molar-refractivity contribution in [2.75, 3.05) is 6.54 Å². The van der Waals surface area contributed by atoms with Gasteiger partial charge in [-0.15, -0.1) is 5.10 Å². The number of carbonyl (C=O) groups is 1. The lowest BCUT2D eigenvalue weighted by atomic mass is 10.1. The van der Waals surface area contributed by atoms with Crippen molar-refractivity contribution in [1.82, 2.24) is 20.1 Å². The van der Waals surface area contributed by atoms with E-state index in [1.807, 2.05) is 13.8 Å². The largest absolute Gasteiger partial charge is 0.333 e. The summed E-state index contributed by atoms with van der Waals surface area (Å²) in [4.78, 5) is 18.0. The minimum atomic E-state index is -0.104. The van der Waals surface area contributed by atoms with Gasteiger partial charge in [-0.05, 0) is 26.7 Å². The lowest BCUT2D eigenvalue weighted by Gasteiger charge is -2.27. The first-order valence-electron chi connectivity index (χ1n) is 5.61. The van der Waals surface area contributed by atoms with Crippen molar-refractivity contribution in [3.05, 3.63) is 11.6 Å². The summed E-state index contributed by atoms with van der Waals surface area (Å²) < 4.78 is 0. The van der Waals surface area contributed by atoms with Crippen LogP contribution in [0.4, 0.5) is 0 Å². The molecular weight excluding hydrogens is 204 g/mol. The van der Waals surface area contributed by atoms with Gasteiger partial charge in [-0.3, -0.25) is 9.89 Å². The minimum absolute atomic E-state index is 0.104. The number of hydrogen-bond acceptors (Lipinski definition) is 3. The summed E-state index contributed by atoms with van der Waals surface area (Å²) in [7, 11) is 0. The lowest BCUT2D eigenvalue weighted by molar-refractivity contribution is 0.0669. The standard InChI is InChI=1S/C11H20N4O/c1-7(2)6-15(8(3)4)11(16)10-12-9(5)13-14-10/h7-8H,6H2,1-5H3,(H,12,13,14). The number of nitrogens with one attached hydrogen (secondary N) is 1. The molecule has 0 fully saturated rings. The second kappa shape index (κ2) is 5.09. The SMILES string of the molecule is Cc1nc(C(=O)N(CC(C)C)C(C)C)n[nH]1. The molecule has 0 aliphatic rings. The van der Waals surface area contributed by atoms with Gasteiger partial charge in [-0.2, -0.15) is 0 Å². The van der Waals surface area contributed by atoms with Crippen LogP contribution >= 0.6 is 0 Å². The molecule has 0 saturated carbocycles. The number of rotatable bonds is 4. The van der Waals surface area contributed by atoms with Crippen LogP contribution in [0.1, 0.15) is 44.1 Å². The molecule has 0 saturated heterocycles. The van der Waals surface area contributed by atoms with E-state index in [-0.39, 0.29) is 17.8 Å². The van der Waals surface area contributed by atoms with Crippen LogP contribution in [0.15, 0.2) is 0 Å². The highest BCUT2D eigenvalue weighted by Crippen LogP contribution is 2.08. The number of hydrogen-bond donors (Lipinski definition) is 1. The van der Waals surface area contributed by atoms with Crippen LogP contribution in [0.3, 0.4) is 0 Å². The average Bonchev–Trinajstić information content (AvgIpc) is 2.59. The van der Waals surface area contributed by atoms with E-state index >= 15 is 0 Å². The number of carbonyl (C=O) groups excluding carboxylic acids is 1. The number of nitrogens with zero attached hydrogens (tertiary/aromatic N) is 3. The summed E-state index contributed by atoms with van der Waals surface area (Å²) in [6, 6.07) is 0.161. The van der Waals surface area contributed by atoms with E-state index < -0.39 is 0 Å². The molecule has 1 aromatic heterocycles. The fourth-order valence-electron chi connectivity index (χ4n) is 1.49. The summed E-state index contributed by atoms with van der Waals surface area (Å²) in [5, 5.41) is 6.59. The molecule has 0 aliphatic carbocycles. The van der Waals surface area contributed by atoms with Crippen LogP contribution in [-0.4, -0.2) is 38.6 Å². The zero-order valence-corrected chi connectivity index (χ0v) is 10.6. The molecule has 0 aliphatic heterocycles. The Kier molecular flexibility index (Phi) is 4.04. The van der Waals surface area contributed by atoms with E-state index in [0.29, 0.717) is 11.7 Å². The van der Waals surface area contributed by atoms with Crippen LogP contribution < -0.4 is 0 Å². The van der Waals surface area contributed by atoms with Crippen molar-refractivity contribution in [3.63, 3.8) is 0 Å². The summed E-state index contributed by atoms with van der Waals surface area (Å²) in [5.41, 5.74) is 0. The molecule has 1 rings (SSSR count). The average molecular weight is 224 g/mol. The Morgan fingerprint density at radius 3 is 2.38 bits per heavy atom. The zero-order valence-electron chi connectivity index (χ0n) is 10.6. The molecule has 0 atom stereocenters. The topological polar surface area (TPSA) is 61.9 Å². The summed E-state index contributed by atoms with van der Waals surface area (Å²) >= 11 is 0. The molecule has 0 radical (unpaired) electrons. The zero-order chi connectivity index (χ0) is 12.3. The van der Waals surface area contributed by atoms with E-state index in [9.17, 15) is 4.79 Å². The van der Waals surface area contributed by atoms with Gasteiger partial charge in [0.15, 0.2) is 0 Å². The summed E-state index contributed by atoms with van der Waals surface area (Å²) in [5.74, 6) is 1.25. The Labute approximate surface area is 96.3 Å². The van der Waals surface area contributed by atoms with Crippen LogP contribution in [0, 0.1) is 12.8 Å². The highest BCUT2D eigenvalue weighted by molar-refractivity contribution is 5.90. The quantitative estimate of drug-likeness (QED) is 0.845. The number of aryl methyl sites for hydroxylation is 1. The molecule has 1 heterocycles. The predicted molar refractivity (Wildman–Crippen MR) is 62.1 cm³/mol. The monoisotopic (exact) mass is 224 g/mol. The number of aromatic nitrogens is 3. The Balaban J connectivity index is 2.83. The van der Waals surface area contributed by atoms with Gasteiger partial charge in [-0.25, -0.2) is 4.98 Å². The van der Waals surface area contributed by atoms with E-state index in [2.05, 4.69) is 29.0 Å². The van der Waals surface area contributed by atoms with Crippen LogP contribution in [0.5, 0.6) is 0 Å². The fraction of sp³-hybridized carbons (Fsp3) is 0.727. The number of H-pyrrole nitrogens is 1. The summed E-state index contributed by atoms with van der Waals surface area (Å²) in [6.45, 7) is 10.7. The molecule has 1 amide bonds. The van der Waals surface area contributed by atoms with Gasteiger partial charge in [0.25, 0.3) is 5.91 Å². The lowest BCUT2D eigenvalue weighted by Crippen LogP contribution is -2.40. The summed E-state index contributed by atoms with van der Waals surface area (Å²) in [6.07, 6.45) is 0. The van der Waals surface area contributed by atoms with Crippen molar-refractivity contribution in [3.8, 4) is 0 Å². The Morgan fingerprint density at radius 1 is 1.38 bits per heavy atom. The van der Waals surface area contributed by atoms with Gasteiger partial charge in [-0.1, -0.05) is 13.8 Å². The molecule has 5 heteroatoms. The maximum atomic E-state index is 12.1. The smallest absolute Gasteiger partial charge is 0.293 e. The Morgan fingerprint density at radius 2 is 2.00 bits per heavy atom. The Bertz CT molecular complexity index is 357. The predicted octanol–water partition coefficient (Wildman–Crippen LogP) is 1.62. The van der Waals surface area contributed by atoms with Crippen LogP contribution in [0.2, 0.25) is 0 Å². The normalized spacial score (nSPS) is 11.2.